The minimum absolute atomic E-state index is 0.217. The van der Waals surface area contributed by atoms with Gasteiger partial charge in [-0.2, -0.15) is 5.26 Å². The smallest absolute Gasteiger partial charge is 0.342 e. The topological polar surface area (TPSA) is 157 Å². The molecule has 0 saturated carbocycles. The summed E-state index contributed by atoms with van der Waals surface area (Å²) in [6.07, 6.45) is 0. The van der Waals surface area contributed by atoms with E-state index in [1.807, 2.05) is 6.07 Å². The third-order valence-electron chi connectivity index (χ3n) is 4.17. The van der Waals surface area contributed by atoms with Crippen molar-refractivity contribution in [3.63, 3.8) is 0 Å². The van der Waals surface area contributed by atoms with Crippen LogP contribution in [0.5, 0.6) is 0 Å². The van der Waals surface area contributed by atoms with Crippen LogP contribution in [0.1, 0.15) is 26.3 Å². The van der Waals surface area contributed by atoms with Gasteiger partial charge in [0.15, 0.2) is 0 Å². The number of rotatable bonds is 4. The maximum absolute atomic E-state index is 12.1. The summed E-state index contributed by atoms with van der Waals surface area (Å²) in [5.74, 6) is -3.46. The molecular weight excluding hydrogens is 362 g/mol. The Balaban J connectivity index is 2.29. The highest BCUT2D eigenvalue weighted by atomic mass is 16.4. The minimum Gasteiger partial charge on any atom is -0.478 e. The van der Waals surface area contributed by atoms with Gasteiger partial charge in [0.1, 0.15) is 16.9 Å². The van der Waals surface area contributed by atoms with Gasteiger partial charge < -0.3 is 20.9 Å². The minimum atomic E-state index is -1.57. The second-order valence-corrected chi connectivity index (χ2v) is 5.87. The molecule has 0 unspecified atom stereocenters. The summed E-state index contributed by atoms with van der Waals surface area (Å²) < 4.78 is 0. The Hall–Kier alpha value is -4.38. The number of anilines is 1. The van der Waals surface area contributed by atoms with Gasteiger partial charge in [0.05, 0.1) is 11.6 Å². The molecule has 3 aromatic rings. The van der Waals surface area contributed by atoms with Crippen molar-refractivity contribution in [1.29, 1.82) is 5.26 Å². The van der Waals surface area contributed by atoms with Gasteiger partial charge in [-0.15, -0.1) is 0 Å². The van der Waals surface area contributed by atoms with Gasteiger partial charge in [-0.25, -0.2) is 9.59 Å². The Labute approximate surface area is 158 Å². The van der Waals surface area contributed by atoms with Crippen molar-refractivity contribution in [3.05, 3.63) is 75.6 Å². The van der Waals surface area contributed by atoms with Crippen LogP contribution in [-0.4, -0.2) is 27.1 Å². The van der Waals surface area contributed by atoms with Gasteiger partial charge in [-0.3, -0.25) is 4.79 Å². The van der Waals surface area contributed by atoms with Crippen molar-refractivity contribution in [2.45, 2.75) is 0 Å². The predicted octanol–water partition coefficient (Wildman–Crippen LogP) is 2.56. The summed E-state index contributed by atoms with van der Waals surface area (Å²) >= 11 is 0. The first kappa shape index (κ1) is 18.4. The molecule has 0 saturated heterocycles. The van der Waals surface area contributed by atoms with E-state index >= 15 is 0 Å². The molecule has 0 aliphatic heterocycles. The van der Waals surface area contributed by atoms with Gasteiger partial charge >= 0.3 is 11.9 Å². The molecule has 0 aliphatic carbocycles. The average molecular weight is 375 g/mol. The average Bonchev–Trinajstić information content (AvgIpc) is 2.66. The van der Waals surface area contributed by atoms with Crippen LogP contribution in [0, 0.1) is 11.3 Å². The molecule has 28 heavy (non-hydrogen) atoms. The molecule has 2 aromatic carbocycles. The molecule has 138 valence electrons. The standard InChI is InChI=1S/C20H13N3O5/c21-9-10-4-6-11(7-5-10)12-2-1-3-13(8-12)14-15(19(25)26)17(22)23-18(24)16(14)20(27)28/h1-8H,(H,25,26)(H,27,28)(H3,22,23,24). The van der Waals surface area contributed by atoms with Crippen LogP contribution in [0.2, 0.25) is 0 Å². The lowest BCUT2D eigenvalue weighted by Gasteiger charge is -2.13. The number of carboxylic acid groups (broad SMARTS) is 2. The van der Waals surface area contributed by atoms with Gasteiger partial charge in [0.25, 0.3) is 5.56 Å². The van der Waals surface area contributed by atoms with E-state index in [1.165, 1.54) is 6.07 Å². The summed E-state index contributed by atoms with van der Waals surface area (Å²) in [5, 5.41) is 27.9. The number of aromatic carboxylic acids is 2. The van der Waals surface area contributed by atoms with Crippen molar-refractivity contribution in [2.75, 3.05) is 5.73 Å². The number of aromatic nitrogens is 1. The lowest BCUT2D eigenvalue weighted by molar-refractivity contribution is 0.0695. The third kappa shape index (κ3) is 3.20. The highest BCUT2D eigenvalue weighted by molar-refractivity contribution is 6.07. The first-order valence-electron chi connectivity index (χ1n) is 7.96. The van der Waals surface area contributed by atoms with Crippen LogP contribution in [-0.2, 0) is 0 Å². The fourth-order valence-electron chi connectivity index (χ4n) is 2.93. The maximum atomic E-state index is 12.1. The molecule has 0 fully saturated rings. The normalized spacial score (nSPS) is 10.2. The zero-order valence-corrected chi connectivity index (χ0v) is 14.3. The van der Waals surface area contributed by atoms with Crippen LogP contribution >= 0.6 is 0 Å². The lowest BCUT2D eigenvalue weighted by atomic mass is 9.93. The van der Waals surface area contributed by atoms with E-state index < -0.39 is 34.4 Å². The first-order valence-corrected chi connectivity index (χ1v) is 7.96. The monoisotopic (exact) mass is 375 g/mol. The summed E-state index contributed by atoms with van der Waals surface area (Å²) in [7, 11) is 0. The van der Waals surface area contributed by atoms with E-state index in [0.717, 1.165) is 5.56 Å². The van der Waals surface area contributed by atoms with Crippen molar-refractivity contribution >= 4 is 17.8 Å². The van der Waals surface area contributed by atoms with Crippen LogP contribution in [0.25, 0.3) is 22.3 Å². The first-order chi connectivity index (χ1) is 13.3. The van der Waals surface area contributed by atoms with E-state index in [0.29, 0.717) is 11.1 Å². The lowest BCUT2D eigenvalue weighted by Crippen LogP contribution is -2.24. The Morgan fingerprint density at radius 2 is 1.54 bits per heavy atom. The largest absolute Gasteiger partial charge is 0.478 e. The molecular formula is C20H13N3O5. The number of hydrogen-bond donors (Lipinski definition) is 4. The quantitative estimate of drug-likeness (QED) is 0.545. The van der Waals surface area contributed by atoms with Gasteiger partial charge in [-0.05, 0) is 34.9 Å². The van der Waals surface area contributed by atoms with Gasteiger partial charge in [-0.1, -0.05) is 30.3 Å². The zero-order valence-electron chi connectivity index (χ0n) is 14.3. The van der Waals surface area contributed by atoms with Crippen LogP contribution < -0.4 is 11.3 Å². The van der Waals surface area contributed by atoms with E-state index in [1.54, 1.807) is 42.5 Å². The second-order valence-electron chi connectivity index (χ2n) is 5.87. The third-order valence-corrected chi connectivity index (χ3v) is 4.17. The summed E-state index contributed by atoms with van der Waals surface area (Å²) in [4.78, 5) is 37.6. The van der Waals surface area contributed by atoms with Gasteiger partial charge in [0.2, 0.25) is 0 Å². The predicted molar refractivity (Wildman–Crippen MR) is 101 cm³/mol. The maximum Gasteiger partial charge on any atom is 0.342 e. The fraction of sp³-hybridized carbons (Fsp3) is 0. The summed E-state index contributed by atoms with van der Waals surface area (Å²) in [6, 6.07) is 15.1. The number of nitriles is 1. The number of H-pyrrole nitrogens is 1. The zero-order chi connectivity index (χ0) is 20.4. The number of aromatic amines is 1. The van der Waals surface area contributed by atoms with E-state index in [4.69, 9.17) is 11.0 Å². The molecule has 1 heterocycles. The number of carboxylic acids is 2. The highest BCUT2D eigenvalue weighted by Crippen LogP contribution is 2.32. The van der Waals surface area contributed by atoms with Crippen LogP contribution in [0.3, 0.4) is 0 Å². The molecule has 8 heteroatoms. The van der Waals surface area contributed by atoms with Crippen LogP contribution in [0.15, 0.2) is 53.3 Å². The van der Waals surface area contributed by atoms with Crippen molar-refractivity contribution in [2.24, 2.45) is 0 Å². The van der Waals surface area contributed by atoms with E-state index in [2.05, 4.69) is 4.98 Å². The Morgan fingerprint density at radius 3 is 2.11 bits per heavy atom. The number of nitrogen functional groups attached to an aromatic ring is 1. The number of nitrogens with one attached hydrogen (secondary N) is 1. The number of hydrogen-bond acceptors (Lipinski definition) is 5. The SMILES string of the molecule is N#Cc1ccc(-c2cccc(-c3c(C(=O)O)c(N)[nH]c(=O)c3C(=O)O)c2)cc1. The molecule has 8 nitrogen and oxygen atoms in total. The highest BCUT2D eigenvalue weighted by Gasteiger charge is 2.26. The molecule has 3 rings (SSSR count). The number of carbonyl (C=O) groups is 2. The molecule has 0 bridgehead atoms. The van der Waals surface area contributed by atoms with Crippen molar-refractivity contribution in [1.82, 2.24) is 4.98 Å². The molecule has 0 radical (unpaired) electrons. The molecule has 0 amide bonds. The molecule has 0 spiro atoms. The van der Waals surface area contributed by atoms with Crippen molar-refractivity contribution < 1.29 is 19.8 Å². The molecule has 0 atom stereocenters. The number of pyridine rings is 1. The number of benzene rings is 2. The van der Waals surface area contributed by atoms with Gasteiger partial charge in [0, 0.05) is 5.56 Å². The molecule has 1 aromatic heterocycles. The summed E-state index contributed by atoms with van der Waals surface area (Å²) in [5.41, 5.74) is 5.26. The van der Waals surface area contributed by atoms with Crippen LogP contribution in [0.4, 0.5) is 5.82 Å². The Kier molecular flexibility index (Phi) is 4.66. The van der Waals surface area contributed by atoms with E-state index in [-0.39, 0.29) is 11.1 Å². The summed E-state index contributed by atoms with van der Waals surface area (Å²) in [6.45, 7) is 0. The number of nitrogens with zero attached hydrogens (tertiary/aromatic N) is 1. The van der Waals surface area contributed by atoms with E-state index in [9.17, 15) is 24.6 Å². The molecule has 5 N–H and O–H groups in total. The fourth-order valence-corrected chi connectivity index (χ4v) is 2.93. The Bertz CT molecular complexity index is 1200. The second kappa shape index (κ2) is 7.09. The molecule has 0 aliphatic rings. The van der Waals surface area contributed by atoms with Crippen molar-refractivity contribution in [3.8, 4) is 28.3 Å². The Morgan fingerprint density at radius 1 is 0.929 bits per heavy atom. The number of nitrogens with two attached hydrogens (primary N) is 1.